The second-order valence-corrected chi connectivity index (χ2v) is 4.90. The van der Waals surface area contributed by atoms with Crippen LogP contribution in [0.2, 0.25) is 0 Å². The Morgan fingerprint density at radius 3 is 2.61 bits per heavy atom. The normalized spacial score (nSPS) is 24.2. The molecule has 1 aliphatic heterocycles. The molecule has 4 nitrogen and oxygen atoms in total. The molecule has 1 aromatic rings. The van der Waals surface area contributed by atoms with Crippen LogP contribution in [-0.4, -0.2) is 29.3 Å². The SMILES string of the molecule is COc1ccc(CN2C(=O)C[C@H](C)CC2O)cc1. The standard InChI is InChI=1S/C14H19NO3/c1-10-7-13(16)15(14(17)8-10)9-11-3-5-12(18-2)6-4-11/h3-6,10,13,16H,7-9H2,1-2H3/t10-,13?/m1/s1. The number of carbonyl (C=O) groups is 1. The molecule has 0 aromatic heterocycles. The summed E-state index contributed by atoms with van der Waals surface area (Å²) in [7, 11) is 1.62. The highest BCUT2D eigenvalue weighted by molar-refractivity contribution is 5.77. The van der Waals surface area contributed by atoms with Crippen molar-refractivity contribution in [3.8, 4) is 5.75 Å². The van der Waals surface area contributed by atoms with Crippen molar-refractivity contribution in [1.29, 1.82) is 0 Å². The van der Waals surface area contributed by atoms with Crippen molar-refractivity contribution in [1.82, 2.24) is 4.90 Å². The monoisotopic (exact) mass is 249 g/mol. The van der Waals surface area contributed by atoms with Crippen LogP contribution < -0.4 is 4.74 Å². The second kappa shape index (κ2) is 5.40. The number of hydrogen-bond donors (Lipinski definition) is 1. The van der Waals surface area contributed by atoms with E-state index in [9.17, 15) is 9.90 Å². The molecule has 1 aliphatic rings. The molecular formula is C14H19NO3. The van der Waals surface area contributed by atoms with E-state index < -0.39 is 6.23 Å². The molecular weight excluding hydrogens is 230 g/mol. The first kappa shape index (κ1) is 12.9. The molecule has 1 N–H and O–H groups in total. The summed E-state index contributed by atoms with van der Waals surface area (Å²) in [6.45, 7) is 2.45. The molecule has 0 spiro atoms. The Kier molecular flexibility index (Phi) is 3.87. The van der Waals surface area contributed by atoms with E-state index in [2.05, 4.69) is 0 Å². The van der Waals surface area contributed by atoms with Gasteiger partial charge in [-0.25, -0.2) is 0 Å². The van der Waals surface area contributed by atoms with Crippen LogP contribution in [0, 0.1) is 5.92 Å². The van der Waals surface area contributed by atoms with Crippen LogP contribution in [0.3, 0.4) is 0 Å². The predicted octanol–water partition coefficient (Wildman–Crippen LogP) is 1.77. The number of piperidine rings is 1. The number of ether oxygens (including phenoxy) is 1. The Hall–Kier alpha value is -1.55. The zero-order valence-corrected chi connectivity index (χ0v) is 10.8. The van der Waals surface area contributed by atoms with Gasteiger partial charge in [0.15, 0.2) is 0 Å². The lowest BCUT2D eigenvalue weighted by Gasteiger charge is -2.35. The first-order valence-electron chi connectivity index (χ1n) is 6.20. The maximum atomic E-state index is 11.9. The number of amides is 1. The highest BCUT2D eigenvalue weighted by atomic mass is 16.5. The van der Waals surface area contributed by atoms with Crippen molar-refractivity contribution in [3.63, 3.8) is 0 Å². The second-order valence-electron chi connectivity index (χ2n) is 4.90. The van der Waals surface area contributed by atoms with Crippen molar-refractivity contribution in [3.05, 3.63) is 29.8 Å². The summed E-state index contributed by atoms with van der Waals surface area (Å²) in [4.78, 5) is 13.4. The molecule has 0 saturated carbocycles. The van der Waals surface area contributed by atoms with Crippen molar-refractivity contribution < 1.29 is 14.6 Å². The summed E-state index contributed by atoms with van der Waals surface area (Å²) in [6, 6.07) is 7.55. The first-order valence-corrected chi connectivity index (χ1v) is 6.20. The number of nitrogens with zero attached hydrogens (tertiary/aromatic N) is 1. The van der Waals surface area contributed by atoms with Gasteiger partial charge < -0.3 is 14.7 Å². The number of carbonyl (C=O) groups excluding carboxylic acids is 1. The summed E-state index contributed by atoms with van der Waals surface area (Å²) in [5.74, 6) is 1.08. The van der Waals surface area contributed by atoms with E-state index >= 15 is 0 Å². The number of rotatable bonds is 3. The van der Waals surface area contributed by atoms with Gasteiger partial charge in [-0.05, 0) is 30.0 Å². The Morgan fingerprint density at radius 1 is 1.39 bits per heavy atom. The van der Waals surface area contributed by atoms with E-state index in [1.54, 1.807) is 12.0 Å². The molecule has 0 radical (unpaired) electrons. The number of aliphatic hydroxyl groups excluding tert-OH is 1. The van der Waals surface area contributed by atoms with Gasteiger partial charge in [0.25, 0.3) is 0 Å². The minimum absolute atomic E-state index is 0.0251. The quantitative estimate of drug-likeness (QED) is 0.888. The van der Waals surface area contributed by atoms with Crippen LogP contribution in [0.25, 0.3) is 0 Å². The van der Waals surface area contributed by atoms with Crippen molar-refractivity contribution >= 4 is 5.91 Å². The molecule has 1 saturated heterocycles. The Bertz CT molecular complexity index is 416. The fourth-order valence-corrected chi connectivity index (χ4v) is 2.27. The van der Waals surface area contributed by atoms with Gasteiger partial charge in [-0.3, -0.25) is 4.79 Å². The number of aliphatic hydroxyl groups is 1. The number of benzene rings is 1. The van der Waals surface area contributed by atoms with Crippen molar-refractivity contribution in [2.24, 2.45) is 5.92 Å². The van der Waals surface area contributed by atoms with E-state index in [0.717, 1.165) is 11.3 Å². The Morgan fingerprint density at radius 2 is 2.06 bits per heavy atom. The zero-order chi connectivity index (χ0) is 13.1. The Balaban J connectivity index is 2.05. The fourth-order valence-electron chi connectivity index (χ4n) is 2.27. The molecule has 98 valence electrons. The van der Waals surface area contributed by atoms with Gasteiger partial charge in [0.1, 0.15) is 12.0 Å². The molecule has 1 amide bonds. The largest absolute Gasteiger partial charge is 0.497 e. The predicted molar refractivity (Wildman–Crippen MR) is 67.9 cm³/mol. The number of methoxy groups -OCH3 is 1. The molecule has 0 bridgehead atoms. The molecule has 0 aliphatic carbocycles. The van der Waals surface area contributed by atoms with Crippen LogP contribution >= 0.6 is 0 Å². The molecule has 1 heterocycles. The fraction of sp³-hybridized carbons (Fsp3) is 0.500. The minimum atomic E-state index is -0.664. The topological polar surface area (TPSA) is 49.8 Å². The van der Waals surface area contributed by atoms with E-state index in [-0.39, 0.29) is 11.8 Å². The third-order valence-electron chi connectivity index (χ3n) is 3.33. The lowest BCUT2D eigenvalue weighted by atomic mass is 9.96. The average molecular weight is 249 g/mol. The summed E-state index contributed by atoms with van der Waals surface area (Å²) in [6.07, 6.45) is 0.512. The lowest BCUT2D eigenvalue weighted by molar-refractivity contribution is -0.150. The molecule has 4 heteroatoms. The summed E-state index contributed by atoms with van der Waals surface area (Å²) in [5.41, 5.74) is 0.998. The third-order valence-corrected chi connectivity index (χ3v) is 3.33. The van der Waals surface area contributed by atoms with Crippen LogP contribution in [0.15, 0.2) is 24.3 Å². The maximum absolute atomic E-state index is 11.9. The Labute approximate surface area is 107 Å². The third kappa shape index (κ3) is 2.82. The average Bonchev–Trinajstić information content (AvgIpc) is 2.34. The maximum Gasteiger partial charge on any atom is 0.225 e. The highest BCUT2D eigenvalue weighted by Gasteiger charge is 2.30. The van der Waals surface area contributed by atoms with Gasteiger partial charge >= 0.3 is 0 Å². The van der Waals surface area contributed by atoms with Gasteiger partial charge in [0.2, 0.25) is 5.91 Å². The van der Waals surface area contributed by atoms with E-state index in [1.165, 1.54) is 0 Å². The van der Waals surface area contributed by atoms with Crippen molar-refractivity contribution in [2.75, 3.05) is 7.11 Å². The number of likely N-dealkylation sites (tertiary alicyclic amines) is 1. The molecule has 2 rings (SSSR count). The van der Waals surface area contributed by atoms with Crippen LogP contribution in [-0.2, 0) is 11.3 Å². The van der Waals surface area contributed by atoms with E-state index in [0.29, 0.717) is 19.4 Å². The van der Waals surface area contributed by atoms with Gasteiger partial charge in [-0.15, -0.1) is 0 Å². The van der Waals surface area contributed by atoms with Gasteiger partial charge in [-0.1, -0.05) is 19.1 Å². The highest BCUT2D eigenvalue weighted by Crippen LogP contribution is 2.24. The van der Waals surface area contributed by atoms with Gasteiger partial charge in [0.05, 0.1) is 7.11 Å². The summed E-state index contributed by atoms with van der Waals surface area (Å²) in [5, 5.41) is 9.95. The molecule has 1 fully saturated rings. The molecule has 1 aromatic carbocycles. The van der Waals surface area contributed by atoms with Gasteiger partial charge in [0, 0.05) is 13.0 Å². The minimum Gasteiger partial charge on any atom is -0.497 e. The summed E-state index contributed by atoms with van der Waals surface area (Å²) < 4.78 is 5.09. The molecule has 2 atom stereocenters. The van der Waals surface area contributed by atoms with Gasteiger partial charge in [-0.2, -0.15) is 0 Å². The number of hydrogen-bond acceptors (Lipinski definition) is 3. The van der Waals surface area contributed by atoms with E-state index in [4.69, 9.17) is 4.74 Å². The lowest BCUT2D eigenvalue weighted by Crippen LogP contribution is -2.45. The molecule has 18 heavy (non-hydrogen) atoms. The summed E-state index contributed by atoms with van der Waals surface area (Å²) >= 11 is 0. The zero-order valence-electron chi connectivity index (χ0n) is 10.8. The first-order chi connectivity index (χ1) is 8.60. The van der Waals surface area contributed by atoms with Crippen LogP contribution in [0.4, 0.5) is 0 Å². The van der Waals surface area contributed by atoms with E-state index in [1.807, 2.05) is 31.2 Å². The van der Waals surface area contributed by atoms with Crippen LogP contribution in [0.5, 0.6) is 5.75 Å². The molecule has 1 unspecified atom stereocenters. The van der Waals surface area contributed by atoms with Crippen LogP contribution in [0.1, 0.15) is 25.3 Å². The van der Waals surface area contributed by atoms with Crippen molar-refractivity contribution in [2.45, 2.75) is 32.5 Å². The smallest absolute Gasteiger partial charge is 0.225 e.